The number of hydrogen-bond acceptors (Lipinski definition) is 3. The monoisotopic (exact) mass is 277 g/mol. The van der Waals surface area contributed by atoms with E-state index in [-0.39, 0.29) is 0 Å². The van der Waals surface area contributed by atoms with Gasteiger partial charge < -0.3 is 5.73 Å². The molecule has 3 nitrogen and oxygen atoms in total. The van der Waals surface area contributed by atoms with Crippen LogP contribution in [-0.2, 0) is 6.54 Å². The van der Waals surface area contributed by atoms with Gasteiger partial charge in [0.2, 0.25) is 0 Å². The molecule has 0 radical (unpaired) electrons. The Hall–Kier alpha value is -1.00. The third-order valence-corrected chi connectivity index (χ3v) is 4.21. The van der Waals surface area contributed by atoms with E-state index in [0.29, 0.717) is 4.99 Å². The van der Waals surface area contributed by atoms with Crippen molar-refractivity contribution < 1.29 is 0 Å². The Bertz CT molecular complexity index is 433. The maximum Gasteiger partial charge on any atom is 0.122 e. The van der Waals surface area contributed by atoms with Crippen LogP contribution in [-0.4, -0.2) is 28.0 Å². The molecule has 1 aromatic heterocycles. The van der Waals surface area contributed by atoms with Crippen LogP contribution in [0.25, 0.3) is 0 Å². The third-order valence-electron chi connectivity index (χ3n) is 4.00. The summed E-state index contributed by atoms with van der Waals surface area (Å²) < 4.78 is 0. The van der Waals surface area contributed by atoms with Crippen molar-refractivity contribution in [2.24, 2.45) is 11.7 Å². The highest BCUT2D eigenvalue weighted by molar-refractivity contribution is 7.80. The summed E-state index contributed by atoms with van der Waals surface area (Å²) in [6.07, 6.45) is 7.13. The van der Waals surface area contributed by atoms with E-state index in [2.05, 4.69) is 22.9 Å². The molecule has 0 aromatic carbocycles. The summed E-state index contributed by atoms with van der Waals surface area (Å²) in [5, 5.41) is 0. The first-order chi connectivity index (χ1) is 9.19. The molecule has 0 aliphatic carbocycles. The quantitative estimate of drug-likeness (QED) is 0.859. The molecule has 0 spiro atoms. The lowest BCUT2D eigenvalue weighted by Gasteiger charge is -2.20. The number of likely N-dealkylation sites (tertiary alicyclic amines) is 1. The van der Waals surface area contributed by atoms with Crippen LogP contribution in [0, 0.1) is 5.92 Å². The van der Waals surface area contributed by atoms with Gasteiger partial charge in [0.1, 0.15) is 4.99 Å². The first kappa shape index (κ1) is 14.4. The standard InChI is InChI=1S/C15H23N3S/c1-2-12-4-3-8-18(9-6-12)11-13-5-7-17-14(10-13)15(16)19/h5,7,10,12H,2-4,6,8-9,11H2,1H3,(H2,16,19). The zero-order valence-electron chi connectivity index (χ0n) is 11.6. The van der Waals surface area contributed by atoms with Crippen LogP contribution in [0.1, 0.15) is 43.9 Å². The molecule has 19 heavy (non-hydrogen) atoms. The topological polar surface area (TPSA) is 42.2 Å². The normalized spacial score (nSPS) is 21.0. The van der Waals surface area contributed by atoms with Crippen LogP contribution in [0.15, 0.2) is 18.3 Å². The lowest BCUT2D eigenvalue weighted by Crippen LogP contribution is -2.24. The van der Waals surface area contributed by atoms with Crippen molar-refractivity contribution in [1.29, 1.82) is 0 Å². The maximum atomic E-state index is 5.63. The van der Waals surface area contributed by atoms with Crippen molar-refractivity contribution >= 4 is 17.2 Å². The van der Waals surface area contributed by atoms with Crippen LogP contribution in [0.5, 0.6) is 0 Å². The highest BCUT2D eigenvalue weighted by Crippen LogP contribution is 2.21. The van der Waals surface area contributed by atoms with Gasteiger partial charge in [0.05, 0.1) is 5.69 Å². The molecule has 2 heterocycles. The van der Waals surface area contributed by atoms with Crippen molar-refractivity contribution in [1.82, 2.24) is 9.88 Å². The highest BCUT2D eigenvalue weighted by Gasteiger charge is 2.15. The number of thiocarbonyl (C=S) groups is 1. The zero-order chi connectivity index (χ0) is 13.7. The van der Waals surface area contributed by atoms with Gasteiger partial charge in [0.15, 0.2) is 0 Å². The molecule has 0 amide bonds. The van der Waals surface area contributed by atoms with Gasteiger partial charge in [-0.2, -0.15) is 0 Å². The van der Waals surface area contributed by atoms with Crippen LogP contribution < -0.4 is 5.73 Å². The molecule has 1 aliphatic heterocycles. The van der Waals surface area contributed by atoms with E-state index in [1.165, 1.54) is 44.3 Å². The number of pyridine rings is 1. The van der Waals surface area contributed by atoms with Gasteiger partial charge >= 0.3 is 0 Å². The lowest BCUT2D eigenvalue weighted by atomic mass is 9.98. The van der Waals surface area contributed by atoms with E-state index in [1.54, 1.807) is 6.20 Å². The summed E-state index contributed by atoms with van der Waals surface area (Å²) in [4.78, 5) is 7.11. The predicted molar refractivity (Wildman–Crippen MR) is 83.0 cm³/mol. The van der Waals surface area contributed by atoms with Gasteiger partial charge in [-0.15, -0.1) is 0 Å². The fraction of sp³-hybridized carbons (Fsp3) is 0.600. The SMILES string of the molecule is CCC1CCCN(Cc2ccnc(C(N)=S)c2)CC1. The first-order valence-electron chi connectivity index (χ1n) is 7.16. The van der Waals surface area contributed by atoms with Gasteiger partial charge in [-0.25, -0.2) is 0 Å². The summed E-state index contributed by atoms with van der Waals surface area (Å²) in [6, 6.07) is 4.08. The van der Waals surface area contributed by atoms with Crippen LogP contribution in [0.2, 0.25) is 0 Å². The summed E-state index contributed by atoms with van der Waals surface area (Å²) >= 11 is 4.98. The van der Waals surface area contributed by atoms with Crippen LogP contribution >= 0.6 is 12.2 Å². The average molecular weight is 277 g/mol. The Morgan fingerprint density at radius 2 is 2.32 bits per heavy atom. The Kier molecular flexibility index (Phi) is 5.28. The molecule has 104 valence electrons. The Balaban J connectivity index is 1.97. The Morgan fingerprint density at radius 3 is 3.05 bits per heavy atom. The number of aromatic nitrogens is 1. The van der Waals surface area contributed by atoms with E-state index in [1.807, 2.05) is 6.07 Å². The second-order valence-corrected chi connectivity index (χ2v) is 5.83. The molecule has 0 saturated carbocycles. The van der Waals surface area contributed by atoms with E-state index in [0.717, 1.165) is 18.2 Å². The summed E-state index contributed by atoms with van der Waals surface area (Å²) in [5.74, 6) is 0.912. The second-order valence-electron chi connectivity index (χ2n) is 5.39. The number of hydrogen-bond donors (Lipinski definition) is 1. The third kappa shape index (κ3) is 4.25. The van der Waals surface area contributed by atoms with Crippen molar-refractivity contribution in [3.8, 4) is 0 Å². The molecule has 0 bridgehead atoms. The largest absolute Gasteiger partial charge is 0.388 e. The van der Waals surface area contributed by atoms with Crippen molar-refractivity contribution in [2.45, 2.75) is 39.2 Å². The van der Waals surface area contributed by atoms with E-state index < -0.39 is 0 Å². The summed E-state index contributed by atoms with van der Waals surface area (Å²) in [6.45, 7) is 5.68. The minimum absolute atomic E-state index is 0.378. The van der Waals surface area contributed by atoms with E-state index >= 15 is 0 Å². The molecule has 2 rings (SSSR count). The number of nitrogens with zero attached hydrogens (tertiary/aromatic N) is 2. The van der Waals surface area contributed by atoms with Crippen LogP contribution in [0.3, 0.4) is 0 Å². The molecular weight excluding hydrogens is 254 g/mol. The molecule has 1 aliphatic rings. The molecule has 2 N–H and O–H groups in total. The van der Waals surface area contributed by atoms with Crippen molar-refractivity contribution in [3.05, 3.63) is 29.6 Å². The predicted octanol–water partition coefficient (Wildman–Crippen LogP) is 2.73. The van der Waals surface area contributed by atoms with Crippen LogP contribution in [0.4, 0.5) is 0 Å². The van der Waals surface area contributed by atoms with Gasteiger partial charge in [-0.05, 0) is 56.0 Å². The smallest absolute Gasteiger partial charge is 0.122 e. The highest BCUT2D eigenvalue weighted by atomic mass is 32.1. The molecule has 1 aromatic rings. The lowest BCUT2D eigenvalue weighted by molar-refractivity contribution is 0.272. The number of nitrogens with two attached hydrogens (primary N) is 1. The van der Waals surface area contributed by atoms with Gasteiger partial charge in [0, 0.05) is 12.7 Å². The summed E-state index contributed by atoms with van der Waals surface area (Å²) in [5.41, 5.74) is 7.62. The van der Waals surface area contributed by atoms with Gasteiger partial charge in [-0.1, -0.05) is 25.6 Å². The van der Waals surface area contributed by atoms with Gasteiger partial charge in [-0.3, -0.25) is 9.88 Å². The fourth-order valence-electron chi connectivity index (χ4n) is 2.76. The minimum atomic E-state index is 0.378. The molecule has 1 fully saturated rings. The van der Waals surface area contributed by atoms with Crippen molar-refractivity contribution in [2.75, 3.05) is 13.1 Å². The Morgan fingerprint density at radius 1 is 1.47 bits per heavy atom. The maximum absolute atomic E-state index is 5.63. The van der Waals surface area contributed by atoms with E-state index in [4.69, 9.17) is 18.0 Å². The number of rotatable bonds is 4. The molecule has 1 saturated heterocycles. The molecular formula is C15H23N3S. The average Bonchev–Trinajstić information content (AvgIpc) is 2.64. The second kappa shape index (κ2) is 6.96. The minimum Gasteiger partial charge on any atom is -0.388 e. The van der Waals surface area contributed by atoms with Gasteiger partial charge in [0.25, 0.3) is 0 Å². The summed E-state index contributed by atoms with van der Waals surface area (Å²) in [7, 11) is 0. The zero-order valence-corrected chi connectivity index (χ0v) is 12.5. The molecule has 1 atom stereocenters. The molecule has 4 heteroatoms. The van der Waals surface area contributed by atoms with Crippen molar-refractivity contribution in [3.63, 3.8) is 0 Å². The van der Waals surface area contributed by atoms with E-state index in [9.17, 15) is 0 Å². The molecule has 1 unspecified atom stereocenters. The first-order valence-corrected chi connectivity index (χ1v) is 7.57. The fourth-order valence-corrected chi connectivity index (χ4v) is 2.87. The Labute approximate surface area is 121 Å².